The summed E-state index contributed by atoms with van der Waals surface area (Å²) in [5, 5.41) is 3.11. The van der Waals surface area contributed by atoms with E-state index >= 15 is 0 Å². The second kappa shape index (κ2) is 6.53. The minimum atomic E-state index is 0.0702. The molecule has 4 nitrogen and oxygen atoms in total. The van der Waals surface area contributed by atoms with E-state index in [2.05, 4.69) is 12.2 Å². The Morgan fingerprint density at radius 3 is 2.67 bits per heavy atom. The fourth-order valence-corrected chi connectivity index (χ4v) is 3.12. The zero-order valence-corrected chi connectivity index (χ0v) is 11.4. The van der Waals surface area contributed by atoms with Gasteiger partial charge in [0.25, 0.3) is 0 Å². The van der Waals surface area contributed by atoms with E-state index in [1.54, 1.807) is 0 Å². The number of rotatable bonds is 4. The van der Waals surface area contributed by atoms with Crippen molar-refractivity contribution < 1.29 is 9.53 Å². The molecule has 1 heterocycles. The molecule has 2 fully saturated rings. The Balaban J connectivity index is 1.71. The number of ether oxygens (including phenoxy) is 1. The van der Waals surface area contributed by atoms with E-state index < -0.39 is 0 Å². The Hall–Kier alpha value is -0.610. The smallest absolute Gasteiger partial charge is 0.225 e. The predicted molar refractivity (Wildman–Crippen MR) is 71.1 cm³/mol. The SMILES string of the molecule is CCC1OCCC1C(=O)NCC1CCC(N)CC1. The molecule has 4 heteroatoms. The first-order chi connectivity index (χ1) is 8.70. The van der Waals surface area contributed by atoms with E-state index in [1.807, 2.05) is 0 Å². The van der Waals surface area contributed by atoms with Crippen molar-refractivity contribution in [2.24, 2.45) is 17.6 Å². The summed E-state index contributed by atoms with van der Waals surface area (Å²) in [6.45, 7) is 3.63. The summed E-state index contributed by atoms with van der Waals surface area (Å²) in [6, 6.07) is 0.379. The second-order valence-electron chi connectivity index (χ2n) is 5.74. The Morgan fingerprint density at radius 2 is 2.00 bits per heavy atom. The van der Waals surface area contributed by atoms with Crippen LogP contribution in [0.1, 0.15) is 45.4 Å². The molecule has 0 bridgehead atoms. The molecule has 2 atom stereocenters. The summed E-state index contributed by atoms with van der Waals surface area (Å²) in [5.41, 5.74) is 5.88. The average Bonchev–Trinajstić information content (AvgIpc) is 2.86. The molecular formula is C14H26N2O2. The number of hydrogen-bond acceptors (Lipinski definition) is 3. The van der Waals surface area contributed by atoms with Crippen molar-refractivity contribution in [1.29, 1.82) is 0 Å². The number of amides is 1. The van der Waals surface area contributed by atoms with Crippen LogP contribution < -0.4 is 11.1 Å². The molecule has 0 radical (unpaired) electrons. The van der Waals surface area contributed by atoms with Crippen molar-refractivity contribution in [3.8, 4) is 0 Å². The Morgan fingerprint density at radius 1 is 1.28 bits per heavy atom. The molecule has 2 aliphatic rings. The van der Waals surface area contributed by atoms with Crippen molar-refractivity contribution in [2.45, 2.75) is 57.6 Å². The van der Waals surface area contributed by atoms with Crippen LogP contribution in [0.25, 0.3) is 0 Å². The molecule has 1 amide bonds. The molecule has 0 aromatic rings. The molecule has 0 spiro atoms. The normalized spacial score (nSPS) is 36.6. The number of nitrogens with one attached hydrogen (secondary N) is 1. The maximum atomic E-state index is 12.1. The van der Waals surface area contributed by atoms with Gasteiger partial charge in [-0.1, -0.05) is 6.92 Å². The van der Waals surface area contributed by atoms with Gasteiger partial charge in [-0.2, -0.15) is 0 Å². The molecule has 1 aliphatic heterocycles. The Kier molecular flexibility index (Phi) is 5.01. The van der Waals surface area contributed by atoms with E-state index in [0.717, 1.165) is 51.7 Å². The number of carbonyl (C=O) groups is 1. The monoisotopic (exact) mass is 254 g/mol. The van der Waals surface area contributed by atoms with Gasteiger partial charge in [0.05, 0.1) is 12.0 Å². The van der Waals surface area contributed by atoms with Gasteiger partial charge in [-0.3, -0.25) is 4.79 Å². The first-order valence-corrected chi connectivity index (χ1v) is 7.35. The zero-order valence-electron chi connectivity index (χ0n) is 11.4. The van der Waals surface area contributed by atoms with Crippen LogP contribution in [0.5, 0.6) is 0 Å². The van der Waals surface area contributed by atoms with Crippen molar-refractivity contribution in [1.82, 2.24) is 5.32 Å². The first-order valence-electron chi connectivity index (χ1n) is 7.35. The van der Waals surface area contributed by atoms with Crippen molar-refractivity contribution in [3.63, 3.8) is 0 Å². The lowest BCUT2D eigenvalue weighted by atomic mass is 9.86. The minimum absolute atomic E-state index is 0.0702. The van der Waals surface area contributed by atoms with Gasteiger partial charge >= 0.3 is 0 Å². The highest BCUT2D eigenvalue weighted by atomic mass is 16.5. The third-order valence-electron chi connectivity index (χ3n) is 4.41. The van der Waals surface area contributed by atoms with Crippen LogP contribution in [0.2, 0.25) is 0 Å². The first kappa shape index (κ1) is 13.8. The molecule has 0 aromatic carbocycles. The van der Waals surface area contributed by atoms with Gasteiger partial charge in [0, 0.05) is 19.2 Å². The third kappa shape index (κ3) is 3.45. The van der Waals surface area contributed by atoms with E-state index in [-0.39, 0.29) is 17.9 Å². The maximum absolute atomic E-state index is 12.1. The van der Waals surface area contributed by atoms with Gasteiger partial charge in [-0.05, 0) is 44.4 Å². The van der Waals surface area contributed by atoms with Crippen LogP contribution in [-0.4, -0.2) is 31.2 Å². The van der Waals surface area contributed by atoms with Crippen LogP contribution in [-0.2, 0) is 9.53 Å². The van der Waals surface area contributed by atoms with E-state index in [1.165, 1.54) is 0 Å². The molecule has 104 valence electrons. The van der Waals surface area contributed by atoms with E-state index in [0.29, 0.717) is 12.0 Å². The molecular weight excluding hydrogens is 228 g/mol. The second-order valence-corrected chi connectivity index (χ2v) is 5.74. The lowest BCUT2D eigenvalue weighted by Crippen LogP contribution is -2.39. The summed E-state index contributed by atoms with van der Waals surface area (Å²) < 4.78 is 5.56. The van der Waals surface area contributed by atoms with Crippen LogP contribution in [0.3, 0.4) is 0 Å². The molecule has 1 saturated heterocycles. The summed E-state index contributed by atoms with van der Waals surface area (Å²) in [5.74, 6) is 0.881. The van der Waals surface area contributed by atoms with Crippen molar-refractivity contribution in [3.05, 3.63) is 0 Å². The Bertz CT molecular complexity index is 275. The van der Waals surface area contributed by atoms with Gasteiger partial charge in [-0.15, -0.1) is 0 Å². The summed E-state index contributed by atoms with van der Waals surface area (Å²) in [7, 11) is 0. The predicted octanol–water partition coefficient (Wildman–Crippen LogP) is 1.44. The van der Waals surface area contributed by atoms with E-state index in [9.17, 15) is 4.79 Å². The van der Waals surface area contributed by atoms with Gasteiger partial charge in [0.15, 0.2) is 0 Å². The molecule has 18 heavy (non-hydrogen) atoms. The minimum Gasteiger partial charge on any atom is -0.377 e. The molecule has 1 aliphatic carbocycles. The van der Waals surface area contributed by atoms with Crippen LogP contribution >= 0.6 is 0 Å². The highest BCUT2D eigenvalue weighted by Gasteiger charge is 2.32. The maximum Gasteiger partial charge on any atom is 0.225 e. The van der Waals surface area contributed by atoms with E-state index in [4.69, 9.17) is 10.5 Å². The molecule has 3 N–H and O–H groups in total. The third-order valence-corrected chi connectivity index (χ3v) is 4.41. The lowest BCUT2D eigenvalue weighted by Gasteiger charge is -2.27. The van der Waals surface area contributed by atoms with Gasteiger partial charge in [-0.25, -0.2) is 0 Å². The molecule has 2 unspecified atom stereocenters. The molecule has 1 saturated carbocycles. The van der Waals surface area contributed by atoms with Gasteiger partial charge in [0.1, 0.15) is 0 Å². The zero-order chi connectivity index (χ0) is 13.0. The number of hydrogen-bond donors (Lipinski definition) is 2. The summed E-state index contributed by atoms with van der Waals surface area (Å²) >= 11 is 0. The van der Waals surface area contributed by atoms with Crippen LogP contribution in [0.15, 0.2) is 0 Å². The standard InChI is InChI=1S/C14H26N2O2/c1-2-13-12(7-8-18-13)14(17)16-9-10-3-5-11(15)6-4-10/h10-13H,2-9,15H2,1H3,(H,16,17). The average molecular weight is 254 g/mol. The number of nitrogens with two attached hydrogens (primary N) is 1. The van der Waals surface area contributed by atoms with Crippen LogP contribution in [0.4, 0.5) is 0 Å². The summed E-state index contributed by atoms with van der Waals surface area (Å²) in [6.07, 6.45) is 6.44. The lowest BCUT2D eigenvalue weighted by molar-refractivity contribution is -0.126. The highest BCUT2D eigenvalue weighted by Crippen LogP contribution is 2.25. The fraction of sp³-hybridized carbons (Fsp3) is 0.929. The van der Waals surface area contributed by atoms with Gasteiger partial charge in [0.2, 0.25) is 5.91 Å². The van der Waals surface area contributed by atoms with Gasteiger partial charge < -0.3 is 15.8 Å². The highest BCUT2D eigenvalue weighted by molar-refractivity contribution is 5.79. The topological polar surface area (TPSA) is 64.3 Å². The summed E-state index contributed by atoms with van der Waals surface area (Å²) in [4.78, 5) is 12.1. The molecule has 0 aromatic heterocycles. The Labute approximate surface area is 110 Å². The quantitative estimate of drug-likeness (QED) is 0.798. The largest absolute Gasteiger partial charge is 0.377 e. The van der Waals surface area contributed by atoms with Crippen LogP contribution in [0, 0.1) is 11.8 Å². The molecule has 2 rings (SSSR count). The fourth-order valence-electron chi connectivity index (χ4n) is 3.12. The van der Waals surface area contributed by atoms with Crippen molar-refractivity contribution >= 4 is 5.91 Å². The number of carbonyl (C=O) groups excluding carboxylic acids is 1. The van der Waals surface area contributed by atoms with Crippen molar-refractivity contribution in [2.75, 3.05) is 13.2 Å².